The average molecular weight is 668 g/mol. The minimum atomic E-state index is -0.0794. The Kier molecular flexibility index (Phi) is 15.1. The third kappa shape index (κ3) is 10.5. The third-order valence-electron chi connectivity index (χ3n) is 10.8. The van der Waals surface area contributed by atoms with Gasteiger partial charge in [0.05, 0.1) is 5.56 Å². The number of carbonyl (C=O) groups is 1. The van der Waals surface area contributed by atoms with Gasteiger partial charge in [-0.2, -0.15) is 0 Å². The minimum Gasteiger partial charge on any atom is -0.507 e. The highest BCUT2D eigenvalue weighted by atomic mass is 16.3. The second kappa shape index (κ2) is 18.5. The number of amidine groups is 1. The molecule has 1 saturated carbocycles. The highest BCUT2D eigenvalue weighted by Crippen LogP contribution is 2.40. The molecule has 0 aromatic heterocycles. The number of aliphatic imine (C=N–C) groups is 1. The van der Waals surface area contributed by atoms with Gasteiger partial charge in [0, 0.05) is 24.3 Å². The fourth-order valence-electron chi connectivity index (χ4n) is 7.05. The average Bonchev–Trinajstić information content (AvgIpc) is 3.05. The normalized spacial score (nSPS) is 17.3. The second-order valence-corrected chi connectivity index (χ2v) is 14.6. The molecule has 2 aliphatic rings. The van der Waals surface area contributed by atoms with E-state index in [1.54, 1.807) is 6.07 Å². The van der Waals surface area contributed by atoms with Crippen LogP contribution in [0.3, 0.4) is 0 Å². The number of unbranched alkanes of at least 4 members (excludes halogenated alkanes) is 1. The van der Waals surface area contributed by atoms with E-state index in [0.29, 0.717) is 17.4 Å². The predicted octanol–water partition coefficient (Wildman–Crippen LogP) is 10.7. The van der Waals surface area contributed by atoms with Crippen molar-refractivity contribution in [1.29, 1.82) is 0 Å². The van der Waals surface area contributed by atoms with Crippen LogP contribution in [0.25, 0.3) is 5.57 Å². The Morgan fingerprint density at radius 2 is 1.71 bits per heavy atom. The number of hydrogen-bond acceptors (Lipinski definition) is 4. The summed E-state index contributed by atoms with van der Waals surface area (Å²) in [5, 5.41) is 9.83. The standard InChI is InChI=1S/C30H47N3.C14H18O2/c1-9-13-14-27-21-26(16-15-25(27)11-3)23(6)29(22(5)10-2)24(7)32-28(12-4)33-19-17-30(8,31)18-20-33;1-3-10-7-12(9(2)15)14(16)8-13(10)11-5-4-6-11/h12,15-16,21-22H,4,6,9-11,13-14,17-20,31H2,1-3,5,7-8H3;7-8,11,16H,3-6H2,1-2H3/b29-24+,32-28?;. The summed E-state index contributed by atoms with van der Waals surface area (Å²) in [7, 11) is 0. The zero-order chi connectivity index (χ0) is 36.3. The van der Waals surface area contributed by atoms with Gasteiger partial charge < -0.3 is 15.7 Å². The number of likely N-dealkylation sites (tertiary alicyclic amines) is 1. The molecule has 1 saturated heterocycles. The maximum absolute atomic E-state index is 11.3. The molecule has 1 heterocycles. The highest BCUT2D eigenvalue weighted by Gasteiger charge is 2.27. The number of allylic oxidation sites excluding steroid dienone is 3. The van der Waals surface area contributed by atoms with Crippen LogP contribution in [0.5, 0.6) is 5.75 Å². The van der Waals surface area contributed by atoms with E-state index in [0.717, 1.165) is 68.7 Å². The Balaban J connectivity index is 0.000000337. The molecule has 1 aliphatic heterocycles. The van der Waals surface area contributed by atoms with E-state index in [-0.39, 0.29) is 17.1 Å². The summed E-state index contributed by atoms with van der Waals surface area (Å²) in [4.78, 5) is 18.8. The summed E-state index contributed by atoms with van der Waals surface area (Å²) < 4.78 is 0. The second-order valence-electron chi connectivity index (χ2n) is 14.6. The van der Waals surface area contributed by atoms with Crippen LogP contribution in [0, 0.1) is 5.92 Å². The minimum absolute atomic E-state index is 0.0626. The first kappa shape index (κ1) is 40.0. The number of aryl methyl sites for hydroxylation is 3. The van der Waals surface area contributed by atoms with Crippen LogP contribution < -0.4 is 5.73 Å². The third-order valence-corrected chi connectivity index (χ3v) is 10.8. The smallest absolute Gasteiger partial charge is 0.163 e. The van der Waals surface area contributed by atoms with Crippen LogP contribution >= 0.6 is 0 Å². The summed E-state index contributed by atoms with van der Waals surface area (Å²) in [6, 6.07) is 10.6. The molecular formula is C44H65N3O2. The lowest BCUT2D eigenvalue weighted by molar-refractivity contribution is 0.101. The Bertz CT molecular complexity index is 1510. The number of phenolic OH excluding ortho intramolecular Hbond substituents is 1. The van der Waals surface area contributed by atoms with Crippen molar-refractivity contribution in [3.63, 3.8) is 0 Å². The van der Waals surface area contributed by atoms with Gasteiger partial charge in [-0.05, 0) is 148 Å². The molecule has 1 unspecified atom stereocenters. The van der Waals surface area contributed by atoms with Gasteiger partial charge in [0.2, 0.25) is 0 Å². The SMILES string of the molecule is C=CC(=N/C(C)=C(/C(=C)c1ccc(CC)c(CCCC)c1)C(C)CC)N1CCC(C)(N)CC1.CCc1cc(C(C)=O)c(O)cc1C1CCC1. The molecule has 5 heteroatoms. The lowest BCUT2D eigenvalue weighted by Crippen LogP contribution is -2.49. The maximum Gasteiger partial charge on any atom is 0.163 e. The van der Waals surface area contributed by atoms with E-state index in [1.165, 1.54) is 72.4 Å². The molecule has 0 spiro atoms. The summed E-state index contributed by atoms with van der Waals surface area (Å²) in [6.07, 6.45) is 14.2. The molecular weight excluding hydrogens is 603 g/mol. The van der Waals surface area contributed by atoms with Crippen LogP contribution in [-0.4, -0.2) is 40.3 Å². The van der Waals surface area contributed by atoms with Gasteiger partial charge in [-0.15, -0.1) is 0 Å². The molecule has 49 heavy (non-hydrogen) atoms. The van der Waals surface area contributed by atoms with Crippen LogP contribution in [0.2, 0.25) is 0 Å². The molecule has 4 rings (SSSR count). The number of rotatable bonds is 13. The summed E-state index contributed by atoms with van der Waals surface area (Å²) in [6.45, 7) is 27.4. The van der Waals surface area contributed by atoms with Gasteiger partial charge in [0.1, 0.15) is 11.6 Å². The van der Waals surface area contributed by atoms with Gasteiger partial charge in [0.25, 0.3) is 0 Å². The van der Waals surface area contributed by atoms with Gasteiger partial charge in [-0.3, -0.25) is 4.79 Å². The molecule has 1 atom stereocenters. The lowest BCUT2D eigenvalue weighted by Gasteiger charge is -2.37. The van der Waals surface area contributed by atoms with Crippen LogP contribution in [-0.2, 0) is 19.3 Å². The lowest BCUT2D eigenvalue weighted by atomic mass is 9.77. The molecule has 2 aromatic rings. The number of aromatic hydroxyl groups is 1. The van der Waals surface area contributed by atoms with Crippen LogP contribution in [0.1, 0.15) is 151 Å². The zero-order valence-corrected chi connectivity index (χ0v) is 32.1. The summed E-state index contributed by atoms with van der Waals surface area (Å²) in [5.74, 6) is 2.01. The summed E-state index contributed by atoms with van der Waals surface area (Å²) in [5.41, 5.74) is 16.7. The fourth-order valence-corrected chi connectivity index (χ4v) is 7.05. The molecule has 0 bridgehead atoms. The predicted molar refractivity (Wildman–Crippen MR) is 211 cm³/mol. The van der Waals surface area contributed by atoms with Gasteiger partial charge in [-0.1, -0.05) is 78.8 Å². The first-order valence-electron chi connectivity index (χ1n) is 18.9. The van der Waals surface area contributed by atoms with Crippen molar-refractivity contribution in [3.8, 4) is 5.75 Å². The molecule has 1 aliphatic carbocycles. The summed E-state index contributed by atoms with van der Waals surface area (Å²) >= 11 is 0. The molecule has 5 nitrogen and oxygen atoms in total. The monoisotopic (exact) mass is 668 g/mol. The first-order chi connectivity index (χ1) is 23.3. The van der Waals surface area contributed by atoms with Crippen molar-refractivity contribution in [2.24, 2.45) is 16.6 Å². The van der Waals surface area contributed by atoms with E-state index in [2.05, 4.69) is 84.7 Å². The van der Waals surface area contributed by atoms with E-state index in [9.17, 15) is 9.90 Å². The Labute approximate surface area is 298 Å². The van der Waals surface area contributed by atoms with E-state index in [4.69, 9.17) is 10.7 Å². The maximum atomic E-state index is 11.3. The number of Topliss-reactive ketones (excluding diaryl/α,β-unsaturated/α-hetero) is 1. The largest absolute Gasteiger partial charge is 0.507 e. The quantitative estimate of drug-likeness (QED) is 0.0964. The number of hydrogen-bond donors (Lipinski definition) is 2. The van der Waals surface area contributed by atoms with Crippen LogP contribution in [0.4, 0.5) is 0 Å². The molecule has 268 valence electrons. The highest BCUT2D eigenvalue weighted by molar-refractivity contribution is 5.97. The van der Waals surface area contributed by atoms with Crippen molar-refractivity contribution < 1.29 is 9.90 Å². The van der Waals surface area contributed by atoms with Crippen molar-refractivity contribution in [3.05, 3.63) is 94.2 Å². The number of benzene rings is 2. The number of nitrogens with two attached hydrogens (primary N) is 1. The number of carbonyl (C=O) groups excluding carboxylic acids is 1. The molecule has 3 N–H and O–H groups in total. The van der Waals surface area contributed by atoms with E-state index >= 15 is 0 Å². The molecule has 0 amide bonds. The van der Waals surface area contributed by atoms with Crippen molar-refractivity contribution in [2.45, 2.75) is 137 Å². The van der Waals surface area contributed by atoms with Gasteiger partial charge in [-0.25, -0.2) is 4.99 Å². The van der Waals surface area contributed by atoms with Gasteiger partial charge in [0.15, 0.2) is 5.78 Å². The number of piperidine rings is 1. The van der Waals surface area contributed by atoms with E-state index < -0.39 is 0 Å². The van der Waals surface area contributed by atoms with Crippen molar-refractivity contribution >= 4 is 17.2 Å². The number of phenols is 1. The molecule has 0 radical (unpaired) electrons. The first-order valence-corrected chi connectivity index (χ1v) is 18.9. The number of nitrogens with zero attached hydrogens (tertiary/aromatic N) is 2. The van der Waals surface area contributed by atoms with Crippen LogP contribution in [0.15, 0.2) is 65.8 Å². The zero-order valence-electron chi connectivity index (χ0n) is 32.1. The molecule has 2 aromatic carbocycles. The topological polar surface area (TPSA) is 78.9 Å². The van der Waals surface area contributed by atoms with Gasteiger partial charge >= 0.3 is 0 Å². The van der Waals surface area contributed by atoms with E-state index in [1.807, 2.05) is 12.1 Å². The number of ketones is 1. The Hall–Kier alpha value is -3.44. The Morgan fingerprint density at radius 3 is 2.22 bits per heavy atom. The Morgan fingerprint density at radius 1 is 1.06 bits per heavy atom. The van der Waals surface area contributed by atoms with Crippen molar-refractivity contribution in [1.82, 2.24) is 4.90 Å². The van der Waals surface area contributed by atoms with Crippen molar-refractivity contribution in [2.75, 3.05) is 13.1 Å². The fraction of sp³-hybridized carbons (Fsp3) is 0.545. The molecule has 2 fully saturated rings.